The number of urea groups is 1. The lowest BCUT2D eigenvalue weighted by Crippen LogP contribution is -2.32. The molecule has 1 heterocycles. The van der Waals surface area contributed by atoms with Crippen LogP contribution in [-0.2, 0) is 27.3 Å². The molecule has 44 heavy (non-hydrogen) atoms. The first-order valence-electron chi connectivity index (χ1n) is 13.4. The molecule has 3 aromatic carbocycles. The minimum absolute atomic E-state index is 0.000609. The highest BCUT2D eigenvalue weighted by atomic mass is 32.2. The minimum Gasteiger partial charge on any atom is -0.755 e. The van der Waals surface area contributed by atoms with Gasteiger partial charge in [0.25, 0.3) is 0 Å². The summed E-state index contributed by atoms with van der Waals surface area (Å²) in [6.07, 6.45) is 2.32. The number of rotatable bonds is 12. The van der Waals surface area contributed by atoms with Gasteiger partial charge in [-0.05, 0) is 66.1 Å². The maximum Gasteiger partial charge on any atom is 0.323 e. The van der Waals surface area contributed by atoms with Gasteiger partial charge in [0.1, 0.15) is 5.75 Å². The van der Waals surface area contributed by atoms with Gasteiger partial charge in [-0.1, -0.05) is 36.4 Å². The molecule has 3 amide bonds. The smallest absolute Gasteiger partial charge is 0.323 e. The monoisotopic (exact) mass is 616 g/mol. The first-order chi connectivity index (χ1) is 21.1. The van der Waals surface area contributed by atoms with Gasteiger partial charge in [0, 0.05) is 28.8 Å². The number of carbonyl (C=O) groups is 3. The fraction of sp³-hybridized carbons (Fsp3) is 0.161. The van der Waals surface area contributed by atoms with Crippen LogP contribution in [-0.4, -0.2) is 43.9 Å². The number of hydrogen-bond donors (Lipinski definition) is 4. The molecule has 228 valence electrons. The zero-order valence-corrected chi connectivity index (χ0v) is 24.7. The van der Waals surface area contributed by atoms with Crippen molar-refractivity contribution in [2.75, 3.05) is 27.4 Å². The largest absolute Gasteiger partial charge is 0.755 e. The number of carbonyl (C=O) groups excluding carboxylic acids is 2. The van der Waals surface area contributed by atoms with E-state index in [2.05, 4.69) is 20.9 Å². The number of anilines is 4. The van der Waals surface area contributed by atoms with Gasteiger partial charge < -0.3 is 30.3 Å². The third-order valence-corrected chi connectivity index (χ3v) is 7.35. The van der Waals surface area contributed by atoms with Crippen molar-refractivity contribution >= 4 is 51.9 Å². The number of hydrogen-bond acceptors (Lipinski definition) is 7. The second kappa shape index (κ2) is 14.8. The Labute approximate surface area is 256 Å². The number of carboxylic acids is 1. The molecule has 0 saturated heterocycles. The molecule has 0 bridgehead atoms. The van der Waals surface area contributed by atoms with Gasteiger partial charge in [-0.3, -0.25) is 23.1 Å². The molecule has 2 atom stereocenters. The van der Waals surface area contributed by atoms with Crippen LogP contribution in [0.15, 0.2) is 91.3 Å². The van der Waals surface area contributed by atoms with E-state index in [4.69, 9.17) is 4.74 Å². The van der Waals surface area contributed by atoms with Crippen LogP contribution in [0.5, 0.6) is 5.75 Å². The van der Waals surface area contributed by atoms with E-state index in [0.717, 1.165) is 9.87 Å². The molecule has 0 aliphatic rings. The molecule has 1 aromatic heterocycles. The number of ether oxygens (including phenoxy) is 1. The van der Waals surface area contributed by atoms with E-state index in [-0.39, 0.29) is 18.0 Å². The fourth-order valence-corrected chi connectivity index (χ4v) is 5.16. The molecule has 13 heteroatoms. The lowest BCUT2D eigenvalue weighted by atomic mass is 10.0. The summed E-state index contributed by atoms with van der Waals surface area (Å²) in [4.78, 5) is 40.9. The van der Waals surface area contributed by atoms with Crippen molar-refractivity contribution < 1.29 is 33.0 Å². The molecule has 4 aromatic rings. The van der Waals surface area contributed by atoms with Crippen LogP contribution >= 0.6 is 0 Å². The zero-order valence-electron chi connectivity index (χ0n) is 23.9. The van der Waals surface area contributed by atoms with E-state index in [1.165, 1.54) is 25.6 Å². The van der Waals surface area contributed by atoms with E-state index >= 15 is 0 Å². The molecule has 4 rings (SSSR count). The molecule has 0 spiro atoms. The number of nitrogens with zero attached hydrogens (tertiary/aromatic N) is 2. The van der Waals surface area contributed by atoms with Crippen molar-refractivity contribution in [2.45, 2.75) is 25.8 Å². The highest BCUT2D eigenvalue weighted by Crippen LogP contribution is 2.32. The average molecular weight is 617 g/mol. The third kappa shape index (κ3) is 8.40. The summed E-state index contributed by atoms with van der Waals surface area (Å²) in [7, 11) is 1.46. The Morgan fingerprint density at radius 2 is 1.70 bits per heavy atom. The molecular formula is C31H30N5O7S-. The number of aryl methyl sites for hydroxylation is 1. The Bertz CT molecular complexity index is 1650. The quantitative estimate of drug-likeness (QED) is 0.160. The topological polar surface area (TPSA) is 173 Å². The van der Waals surface area contributed by atoms with E-state index in [0.29, 0.717) is 33.9 Å². The fourth-order valence-electron chi connectivity index (χ4n) is 4.47. The molecule has 4 N–H and O–H groups in total. The van der Waals surface area contributed by atoms with Crippen LogP contribution < -0.4 is 25.0 Å². The van der Waals surface area contributed by atoms with Crippen LogP contribution in [0.1, 0.15) is 29.2 Å². The molecule has 2 unspecified atom stereocenters. The second-order valence-electron chi connectivity index (χ2n) is 9.64. The normalized spacial score (nSPS) is 12.0. The van der Waals surface area contributed by atoms with Gasteiger partial charge >= 0.3 is 12.0 Å². The van der Waals surface area contributed by atoms with Crippen molar-refractivity contribution in [1.82, 2.24) is 4.98 Å². The highest BCUT2D eigenvalue weighted by Gasteiger charge is 2.25. The molecule has 12 nitrogen and oxygen atoms in total. The minimum atomic E-state index is -2.78. The Morgan fingerprint density at radius 1 is 0.977 bits per heavy atom. The standard InChI is InChI=1S/C31H31N5O7S/c1-20-6-3-4-8-25(20)34-31(40)35-26-14-9-21(16-28(26)43-2)17-29(37)33-23-12-10-22(11-13-23)27(18-30(38)39)36(44(41)42)24-7-5-15-32-19-24/h3-16,19,27H,17-18H2,1-2H3,(H,33,37)(H,38,39)(H,41,42)(H2,34,35,40)/p-1. The van der Waals surface area contributed by atoms with Crippen molar-refractivity contribution in [1.29, 1.82) is 0 Å². The van der Waals surface area contributed by atoms with Crippen LogP contribution in [0.25, 0.3) is 0 Å². The van der Waals surface area contributed by atoms with E-state index in [1.54, 1.807) is 54.6 Å². The Balaban J connectivity index is 1.42. The summed E-state index contributed by atoms with van der Waals surface area (Å²) in [6.45, 7) is 1.89. The maximum absolute atomic E-state index is 12.8. The van der Waals surface area contributed by atoms with Gasteiger partial charge in [0.15, 0.2) is 0 Å². The van der Waals surface area contributed by atoms with Gasteiger partial charge in [-0.25, -0.2) is 4.79 Å². The van der Waals surface area contributed by atoms with Gasteiger partial charge in [0.2, 0.25) is 5.91 Å². The first kappa shape index (κ1) is 31.7. The van der Waals surface area contributed by atoms with Crippen LogP contribution in [0.2, 0.25) is 0 Å². The average Bonchev–Trinajstić information content (AvgIpc) is 2.99. The van der Waals surface area contributed by atoms with Gasteiger partial charge in [-0.15, -0.1) is 0 Å². The number of pyridine rings is 1. The maximum atomic E-state index is 12.8. The van der Waals surface area contributed by atoms with Crippen molar-refractivity contribution in [3.63, 3.8) is 0 Å². The molecular weight excluding hydrogens is 586 g/mol. The van der Waals surface area contributed by atoms with Crippen LogP contribution in [0.3, 0.4) is 0 Å². The number of methoxy groups -OCH3 is 1. The predicted molar refractivity (Wildman–Crippen MR) is 166 cm³/mol. The molecule has 0 fully saturated rings. The van der Waals surface area contributed by atoms with Crippen LogP contribution in [0, 0.1) is 6.92 Å². The molecule has 0 radical (unpaired) electrons. The molecule has 0 saturated carbocycles. The Morgan fingerprint density at radius 3 is 2.34 bits per heavy atom. The Hall–Kier alpha value is -5.27. The van der Waals surface area contributed by atoms with E-state index in [1.807, 2.05) is 25.1 Å². The summed E-state index contributed by atoms with van der Waals surface area (Å²) in [5.41, 5.74) is 3.71. The number of benzene rings is 3. The van der Waals surface area contributed by atoms with Gasteiger partial charge in [-0.2, -0.15) is 0 Å². The van der Waals surface area contributed by atoms with Crippen molar-refractivity contribution in [3.05, 3.63) is 108 Å². The van der Waals surface area contributed by atoms with Crippen LogP contribution in [0.4, 0.5) is 27.5 Å². The summed E-state index contributed by atoms with van der Waals surface area (Å²) in [5.74, 6) is -1.15. The number of nitrogens with one attached hydrogen (secondary N) is 3. The van der Waals surface area contributed by atoms with Gasteiger partial charge in [0.05, 0.1) is 43.6 Å². The summed E-state index contributed by atoms with van der Waals surface area (Å²) in [6, 6.07) is 20.2. The zero-order chi connectivity index (χ0) is 31.6. The summed E-state index contributed by atoms with van der Waals surface area (Å²) < 4.78 is 30.6. The number of aliphatic carboxylic acids is 1. The third-order valence-electron chi connectivity index (χ3n) is 6.56. The predicted octanol–water partition coefficient (Wildman–Crippen LogP) is 5.04. The van der Waals surface area contributed by atoms with E-state index < -0.39 is 35.7 Å². The SMILES string of the molecule is COc1cc(CC(=O)Nc2ccc(C(CC(=O)O)N(c3cccnc3)S(=O)[O-])cc2)ccc1NC(=O)Nc1ccccc1C. The van der Waals surface area contributed by atoms with E-state index in [9.17, 15) is 28.3 Å². The Kier molecular flexibility index (Phi) is 10.6. The number of para-hydroxylation sites is 1. The number of aromatic nitrogens is 1. The number of amides is 3. The lowest BCUT2D eigenvalue weighted by Gasteiger charge is -2.34. The highest BCUT2D eigenvalue weighted by molar-refractivity contribution is 7.80. The molecule has 0 aliphatic heterocycles. The van der Waals surface area contributed by atoms with Crippen molar-refractivity contribution in [2.24, 2.45) is 0 Å². The van der Waals surface area contributed by atoms with Crippen molar-refractivity contribution in [3.8, 4) is 5.75 Å². The lowest BCUT2D eigenvalue weighted by molar-refractivity contribution is -0.137. The summed E-state index contributed by atoms with van der Waals surface area (Å²) in [5, 5.41) is 17.8. The number of carboxylic acid groups (broad SMARTS) is 1. The molecule has 0 aliphatic carbocycles. The summed E-state index contributed by atoms with van der Waals surface area (Å²) >= 11 is -2.78. The first-order valence-corrected chi connectivity index (χ1v) is 14.4. The second-order valence-corrected chi connectivity index (χ2v) is 10.5.